The van der Waals surface area contributed by atoms with Gasteiger partial charge < -0.3 is 20.3 Å². The summed E-state index contributed by atoms with van der Waals surface area (Å²) >= 11 is 0. The minimum atomic E-state index is -4.52. The second-order valence-corrected chi connectivity index (χ2v) is 18.3. The summed E-state index contributed by atoms with van der Waals surface area (Å²) in [6.07, 6.45) is 11.1. The third-order valence-electron chi connectivity index (χ3n) is 11.7. The van der Waals surface area contributed by atoms with E-state index in [1.165, 1.54) is 12.1 Å². The van der Waals surface area contributed by atoms with E-state index < -0.39 is 43.4 Å². The molecule has 7 rings (SSSR count). The van der Waals surface area contributed by atoms with Crippen LogP contribution in [0.25, 0.3) is 38.5 Å². The number of aryl methyl sites for hydroxylation is 1. The lowest BCUT2D eigenvalue weighted by atomic mass is 9.70. The van der Waals surface area contributed by atoms with Crippen molar-refractivity contribution in [3.05, 3.63) is 107 Å². The van der Waals surface area contributed by atoms with E-state index in [1.807, 2.05) is 65.5 Å². The molecule has 14 nitrogen and oxygen atoms in total. The molecule has 0 saturated carbocycles. The van der Waals surface area contributed by atoms with E-state index in [1.54, 1.807) is 43.3 Å². The summed E-state index contributed by atoms with van der Waals surface area (Å²) in [7, 11) is -9.03. The average molecular weight is 882 g/mol. The third-order valence-corrected chi connectivity index (χ3v) is 13.5. The van der Waals surface area contributed by atoms with Gasteiger partial charge in [0.05, 0.1) is 10.9 Å². The highest BCUT2D eigenvalue weighted by molar-refractivity contribution is 7.86. The Hall–Kier alpha value is -5.94. The van der Waals surface area contributed by atoms with Gasteiger partial charge in [0, 0.05) is 70.6 Å². The lowest BCUT2D eigenvalue weighted by molar-refractivity contribution is -0.430. The van der Waals surface area contributed by atoms with Crippen LogP contribution in [0.15, 0.2) is 106 Å². The standard InChI is InChI=1S/C46H48N4O10S2/c1-4-47-44(53)46(45(54)48-25-9-7-8-16-41(51)52)27-29(17-19-35-31-12-10-14-33-39(61(55,56)57)23-21-37(42(31)33)49(35)5-2)26-30(28-46)18-20-36-32-13-11-15-34-40(62(58,59)60)24-22-38(43(32)34)50(36)6-3/h10-15,17-24,26H,4-9,16,25,27-28H2,1-3H3,(H4-,47,48,51,52,53,54,55,56,57,58,59,60)/p+1. The maximum Gasteiger partial charge on any atom is 0.303 e. The Morgan fingerprint density at radius 3 is 2.10 bits per heavy atom. The summed E-state index contributed by atoms with van der Waals surface area (Å²) < 4.78 is 73.5. The molecule has 2 heterocycles. The van der Waals surface area contributed by atoms with Crippen molar-refractivity contribution < 1.29 is 50.0 Å². The highest BCUT2D eigenvalue weighted by Gasteiger charge is 2.48. The smallest absolute Gasteiger partial charge is 0.303 e. The van der Waals surface area contributed by atoms with Crippen LogP contribution in [0.5, 0.6) is 0 Å². The first-order chi connectivity index (χ1) is 29.5. The zero-order valence-corrected chi connectivity index (χ0v) is 36.3. The number of hydrogen-bond donors (Lipinski definition) is 5. The van der Waals surface area contributed by atoms with E-state index in [-0.39, 0.29) is 42.1 Å². The van der Waals surface area contributed by atoms with Crippen molar-refractivity contribution in [3.8, 4) is 0 Å². The SMILES string of the molecule is CCNC(=O)C1(C(=O)NCCCCCC(=O)O)CC(=CC=c2c3cccc4c(S(=O)(=O)O)ccc(c43)n2CC)C=C(C=CC2=[N+](CC)c3ccc(S(=O)(=O)O)c4cccc2c34)C1. The van der Waals surface area contributed by atoms with E-state index in [4.69, 9.17) is 5.11 Å². The highest BCUT2D eigenvalue weighted by atomic mass is 32.2. The van der Waals surface area contributed by atoms with Crippen LogP contribution in [0.1, 0.15) is 64.9 Å². The number of carboxylic acids is 1. The molecule has 1 unspecified atom stereocenters. The summed E-state index contributed by atoms with van der Waals surface area (Å²) in [5, 5.41) is 18.5. The zero-order chi connectivity index (χ0) is 44.6. The number of carbonyl (C=O) groups is 3. The lowest BCUT2D eigenvalue weighted by Crippen LogP contribution is -2.52. The molecular weight excluding hydrogens is 833 g/mol. The zero-order valence-electron chi connectivity index (χ0n) is 34.6. The van der Waals surface area contributed by atoms with Gasteiger partial charge in [-0.15, -0.1) is 0 Å². The number of rotatable bonds is 16. The normalized spacial score (nSPS) is 17.9. The van der Waals surface area contributed by atoms with Crippen LogP contribution < -0.4 is 16.0 Å². The van der Waals surface area contributed by atoms with Crippen LogP contribution in [-0.4, -0.2) is 83.3 Å². The number of amides is 2. The van der Waals surface area contributed by atoms with Crippen LogP contribution in [-0.2, 0) is 41.2 Å². The fourth-order valence-corrected chi connectivity index (χ4v) is 10.4. The van der Waals surface area contributed by atoms with E-state index in [9.17, 15) is 40.3 Å². The van der Waals surface area contributed by atoms with Crippen molar-refractivity contribution in [3.63, 3.8) is 0 Å². The molecule has 1 aliphatic heterocycles. The van der Waals surface area contributed by atoms with Gasteiger partial charge in [-0.25, -0.2) is 0 Å². The number of nitrogens with one attached hydrogen (secondary N) is 2. The Morgan fingerprint density at radius 2 is 1.44 bits per heavy atom. The lowest BCUT2D eigenvalue weighted by Gasteiger charge is -2.35. The number of allylic oxidation sites excluding steroid dienone is 6. The number of carbonyl (C=O) groups excluding carboxylic acids is 2. The van der Waals surface area contributed by atoms with Gasteiger partial charge in [0.25, 0.3) is 20.2 Å². The molecular formula is C46H49N4O10S2+. The van der Waals surface area contributed by atoms with Crippen LogP contribution >= 0.6 is 0 Å². The van der Waals surface area contributed by atoms with Crippen LogP contribution in [0.4, 0.5) is 5.69 Å². The molecule has 1 aliphatic carbocycles. The van der Waals surface area contributed by atoms with Gasteiger partial charge >= 0.3 is 5.97 Å². The first-order valence-electron chi connectivity index (χ1n) is 20.6. The molecule has 5 N–H and O–H groups in total. The highest BCUT2D eigenvalue weighted by Crippen LogP contribution is 2.42. The minimum absolute atomic E-state index is 0.0213. The summed E-state index contributed by atoms with van der Waals surface area (Å²) in [6, 6.07) is 16.7. The van der Waals surface area contributed by atoms with E-state index in [0.29, 0.717) is 65.0 Å². The largest absolute Gasteiger partial charge is 0.481 e. The number of hydrogen-bond acceptors (Lipinski definition) is 7. The van der Waals surface area contributed by atoms with E-state index in [0.717, 1.165) is 33.2 Å². The van der Waals surface area contributed by atoms with Gasteiger partial charge in [0.15, 0.2) is 0 Å². The van der Waals surface area contributed by atoms with Crippen molar-refractivity contribution in [1.82, 2.24) is 15.2 Å². The second-order valence-electron chi connectivity index (χ2n) is 15.5. The number of aromatic nitrogens is 1. The average Bonchev–Trinajstić information content (AvgIpc) is 3.72. The van der Waals surface area contributed by atoms with Gasteiger partial charge in [-0.2, -0.15) is 21.4 Å². The third kappa shape index (κ3) is 8.22. The van der Waals surface area contributed by atoms with Gasteiger partial charge in [0.2, 0.25) is 23.2 Å². The topological polar surface area (TPSA) is 212 Å². The fraction of sp³-hybridized carbons (Fsp3) is 0.304. The molecule has 0 bridgehead atoms. The first kappa shape index (κ1) is 44.1. The number of unbranched alkanes of at least 4 members (excludes halogenated alkanes) is 2. The Balaban J connectivity index is 1.36. The Kier molecular flexibility index (Phi) is 12.4. The molecule has 62 heavy (non-hydrogen) atoms. The number of aliphatic carboxylic acids is 1. The molecule has 324 valence electrons. The molecule has 1 aromatic heterocycles. The maximum atomic E-state index is 14.4. The summed E-state index contributed by atoms with van der Waals surface area (Å²) in [5.41, 5.74) is 2.79. The minimum Gasteiger partial charge on any atom is -0.481 e. The quantitative estimate of drug-likeness (QED) is 0.0327. The van der Waals surface area contributed by atoms with Crippen LogP contribution in [0.2, 0.25) is 0 Å². The van der Waals surface area contributed by atoms with Crippen molar-refractivity contribution in [2.45, 2.75) is 75.6 Å². The van der Waals surface area contributed by atoms with Gasteiger partial charge in [-0.1, -0.05) is 55.0 Å². The van der Waals surface area contributed by atoms with E-state index >= 15 is 0 Å². The maximum absolute atomic E-state index is 14.4. The Morgan fingerprint density at radius 1 is 0.774 bits per heavy atom. The predicted molar refractivity (Wildman–Crippen MR) is 238 cm³/mol. The first-order valence-corrected chi connectivity index (χ1v) is 23.5. The number of carboxylic acid groups (broad SMARTS) is 1. The molecule has 0 spiro atoms. The van der Waals surface area contributed by atoms with Crippen LogP contribution in [0, 0.1) is 5.41 Å². The fourth-order valence-electron chi connectivity index (χ4n) is 9.03. The summed E-state index contributed by atoms with van der Waals surface area (Å²) in [4.78, 5) is 39.4. The van der Waals surface area contributed by atoms with Gasteiger partial charge in [-0.3, -0.25) is 23.5 Å². The molecule has 4 aromatic carbocycles. The molecule has 5 aromatic rings. The molecule has 0 radical (unpaired) electrons. The summed E-state index contributed by atoms with van der Waals surface area (Å²) in [6.45, 7) is 7.28. The van der Waals surface area contributed by atoms with Gasteiger partial charge in [0.1, 0.15) is 21.8 Å². The molecule has 0 fully saturated rings. The van der Waals surface area contributed by atoms with Crippen molar-refractivity contribution >= 4 is 87.9 Å². The van der Waals surface area contributed by atoms with Crippen molar-refractivity contribution in [2.75, 3.05) is 19.6 Å². The number of nitrogens with zero attached hydrogens (tertiary/aromatic N) is 2. The monoisotopic (exact) mass is 881 g/mol. The summed E-state index contributed by atoms with van der Waals surface area (Å²) in [5.74, 6) is -1.81. The molecule has 2 amide bonds. The molecule has 0 saturated heterocycles. The van der Waals surface area contributed by atoms with E-state index in [2.05, 4.69) is 10.6 Å². The molecule has 1 atom stereocenters. The number of benzene rings is 4. The van der Waals surface area contributed by atoms with Crippen molar-refractivity contribution in [2.24, 2.45) is 5.41 Å². The Bertz CT molecular complexity index is 3090. The van der Waals surface area contributed by atoms with Crippen molar-refractivity contribution in [1.29, 1.82) is 0 Å². The molecule has 16 heteroatoms. The Labute approximate surface area is 359 Å². The van der Waals surface area contributed by atoms with Crippen LogP contribution in [0.3, 0.4) is 0 Å². The predicted octanol–water partition coefficient (Wildman–Crippen LogP) is 6.21. The molecule has 2 aliphatic rings. The van der Waals surface area contributed by atoms with Gasteiger partial charge in [-0.05, 0) is 87.9 Å². The second kappa shape index (κ2) is 17.4.